The lowest BCUT2D eigenvalue weighted by molar-refractivity contribution is 0.103. The number of nitrogens with two attached hydrogens (primary N) is 1. The maximum absolute atomic E-state index is 12.2. The molecule has 0 saturated heterocycles. The van der Waals surface area contributed by atoms with E-state index >= 15 is 0 Å². The zero-order valence-corrected chi connectivity index (χ0v) is 12.0. The van der Waals surface area contributed by atoms with Crippen molar-refractivity contribution in [2.24, 2.45) is 5.14 Å². The maximum Gasteiger partial charge on any atom is 0.212 e. The van der Waals surface area contributed by atoms with Gasteiger partial charge in [0.1, 0.15) is 12.4 Å². The minimum absolute atomic E-state index is 0.0230. The zero-order chi connectivity index (χ0) is 15.3. The minimum atomic E-state index is -3.53. The third-order valence-corrected chi connectivity index (χ3v) is 3.52. The number of sulfonamides is 1. The number of ketones is 1. The summed E-state index contributed by atoms with van der Waals surface area (Å²) in [5.74, 6) is 0.160. The Balaban J connectivity index is 2.01. The number of primary sulfonamides is 1. The molecule has 2 aromatic rings. The Morgan fingerprint density at radius 3 is 2.10 bits per heavy atom. The quantitative estimate of drug-likeness (QED) is 0.821. The topological polar surface area (TPSA) is 86.5 Å². The SMILES string of the molecule is NS(=O)(=O)CCOc1ccc(C(=O)c2ccccc2)cc1. The van der Waals surface area contributed by atoms with Gasteiger partial charge < -0.3 is 4.74 Å². The number of hydrogen-bond acceptors (Lipinski definition) is 4. The molecule has 0 aliphatic rings. The molecule has 5 nitrogen and oxygen atoms in total. The predicted molar refractivity (Wildman–Crippen MR) is 79.8 cm³/mol. The Labute approximate surface area is 123 Å². The molecule has 2 N–H and O–H groups in total. The van der Waals surface area contributed by atoms with Crippen LogP contribution >= 0.6 is 0 Å². The third-order valence-electron chi connectivity index (χ3n) is 2.79. The fraction of sp³-hybridized carbons (Fsp3) is 0.133. The molecule has 0 aliphatic heterocycles. The first-order chi connectivity index (χ1) is 9.96. The molecule has 0 atom stereocenters. The second-order valence-electron chi connectivity index (χ2n) is 4.43. The van der Waals surface area contributed by atoms with Gasteiger partial charge in [-0.1, -0.05) is 30.3 Å². The molecule has 2 rings (SSSR count). The van der Waals surface area contributed by atoms with Gasteiger partial charge in [0.15, 0.2) is 5.78 Å². The lowest BCUT2D eigenvalue weighted by Crippen LogP contribution is -2.21. The summed E-state index contributed by atoms with van der Waals surface area (Å²) < 4.78 is 26.8. The van der Waals surface area contributed by atoms with Gasteiger partial charge >= 0.3 is 0 Å². The van der Waals surface area contributed by atoms with Gasteiger partial charge in [-0.25, -0.2) is 13.6 Å². The average molecular weight is 305 g/mol. The Hall–Kier alpha value is -2.18. The molecule has 0 heterocycles. The van der Waals surface area contributed by atoms with E-state index in [1.54, 1.807) is 48.5 Å². The first-order valence-electron chi connectivity index (χ1n) is 6.29. The van der Waals surface area contributed by atoms with Gasteiger partial charge in [0.25, 0.3) is 0 Å². The molecular weight excluding hydrogens is 290 g/mol. The van der Waals surface area contributed by atoms with Crippen LogP contribution in [0.4, 0.5) is 0 Å². The van der Waals surface area contributed by atoms with E-state index in [4.69, 9.17) is 9.88 Å². The molecule has 2 aromatic carbocycles. The first kappa shape index (κ1) is 15.2. The van der Waals surface area contributed by atoms with Crippen LogP contribution in [-0.4, -0.2) is 26.6 Å². The van der Waals surface area contributed by atoms with E-state index in [1.807, 2.05) is 6.07 Å². The van der Waals surface area contributed by atoms with Crippen molar-refractivity contribution in [3.05, 3.63) is 65.7 Å². The van der Waals surface area contributed by atoms with Gasteiger partial charge in [0, 0.05) is 11.1 Å². The molecule has 6 heteroatoms. The molecule has 0 unspecified atom stereocenters. The minimum Gasteiger partial charge on any atom is -0.492 e. The fourth-order valence-electron chi connectivity index (χ4n) is 1.73. The molecule has 0 radical (unpaired) electrons. The highest BCUT2D eigenvalue weighted by molar-refractivity contribution is 7.89. The van der Waals surface area contributed by atoms with E-state index in [2.05, 4.69) is 0 Å². The van der Waals surface area contributed by atoms with Crippen molar-refractivity contribution in [2.45, 2.75) is 0 Å². The van der Waals surface area contributed by atoms with E-state index < -0.39 is 10.0 Å². The van der Waals surface area contributed by atoms with Crippen molar-refractivity contribution in [1.82, 2.24) is 0 Å². The highest BCUT2D eigenvalue weighted by Gasteiger charge is 2.08. The van der Waals surface area contributed by atoms with Crippen molar-refractivity contribution < 1.29 is 17.9 Å². The van der Waals surface area contributed by atoms with Crippen LogP contribution in [0.25, 0.3) is 0 Å². The fourth-order valence-corrected chi connectivity index (χ4v) is 2.05. The monoisotopic (exact) mass is 305 g/mol. The standard InChI is InChI=1S/C15H15NO4S/c16-21(18,19)11-10-20-14-8-6-13(7-9-14)15(17)12-4-2-1-3-5-12/h1-9H,10-11H2,(H2,16,18,19). The van der Waals surface area contributed by atoms with Crippen LogP contribution in [0.2, 0.25) is 0 Å². The number of carbonyl (C=O) groups excluding carboxylic acids is 1. The van der Waals surface area contributed by atoms with Crippen LogP contribution in [0.15, 0.2) is 54.6 Å². The summed E-state index contributed by atoms with van der Waals surface area (Å²) in [7, 11) is -3.53. The van der Waals surface area contributed by atoms with Crippen LogP contribution in [0.1, 0.15) is 15.9 Å². The van der Waals surface area contributed by atoms with Gasteiger partial charge in [-0.3, -0.25) is 4.79 Å². The van der Waals surface area contributed by atoms with Gasteiger partial charge in [-0.05, 0) is 24.3 Å². The Bertz CT molecular complexity index is 709. The smallest absolute Gasteiger partial charge is 0.212 e. The normalized spacial score (nSPS) is 11.1. The van der Waals surface area contributed by atoms with Crippen LogP contribution < -0.4 is 9.88 Å². The van der Waals surface area contributed by atoms with Crippen LogP contribution in [0.3, 0.4) is 0 Å². The van der Waals surface area contributed by atoms with Crippen molar-refractivity contribution in [2.75, 3.05) is 12.4 Å². The lowest BCUT2D eigenvalue weighted by atomic mass is 10.0. The highest BCUT2D eigenvalue weighted by atomic mass is 32.2. The molecule has 0 fully saturated rings. The Morgan fingerprint density at radius 1 is 0.952 bits per heavy atom. The first-order valence-corrected chi connectivity index (χ1v) is 8.00. The molecule has 0 saturated carbocycles. The average Bonchev–Trinajstić information content (AvgIpc) is 2.47. The molecule has 110 valence electrons. The second kappa shape index (κ2) is 6.51. The van der Waals surface area contributed by atoms with Crippen molar-refractivity contribution in [3.8, 4) is 5.75 Å². The summed E-state index contributed by atoms with van der Waals surface area (Å²) in [6.45, 7) is -0.0230. The summed E-state index contributed by atoms with van der Waals surface area (Å²) in [5.41, 5.74) is 1.15. The molecular formula is C15H15NO4S. The molecule has 0 aliphatic carbocycles. The molecule has 0 spiro atoms. The van der Waals surface area contributed by atoms with Crippen molar-refractivity contribution >= 4 is 15.8 Å². The summed E-state index contributed by atoms with van der Waals surface area (Å²) in [5, 5.41) is 4.88. The van der Waals surface area contributed by atoms with Gasteiger partial charge in [-0.15, -0.1) is 0 Å². The Morgan fingerprint density at radius 2 is 1.52 bits per heavy atom. The molecule has 0 amide bonds. The summed E-state index contributed by atoms with van der Waals surface area (Å²) in [4.78, 5) is 12.2. The molecule has 0 bridgehead atoms. The lowest BCUT2D eigenvalue weighted by Gasteiger charge is -2.06. The number of hydrogen-bond donors (Lipinski definition) is 1. The molecule has 21 heavy (non-hydrogen) atoms. The number of rotatable bonds is 6. The summed E-state index contributed by atoms with van der Waals surface area (Å²) >= 11 is 0. The van der Waals surface area contributed by atoms with Crippen LogP contribution in [0.5, 0.6) is 5.75 Å². The second-order valence-corrected chi connectivity index (χ2v) is 6.17. The van der Waals surface area contributed by atoms with E-state index in [0.29, 0.717) is 16.9 Å². The van der Waals surface area contributed by atoms with E-state index in [9.17, 15) is 13.2 Å². The van der Waals surface area contributed by atoms with Crippen molar-refractivity contribution in [3.63, 3.8) is 0 Å². The molecule has 0 aromatic heterocycles. The third kappa shape index (κ3) is 4.70. The van der Waals surface area contributed by atoms with E-state index in [1.165, 1.54) is 0 Å². The van der Waals surface area contributed by atoms with E-state index in [-0.39, 0.29) is 18.1 Å². The number of carbonyl (C=O) groups is 1. The predicted octanol–water partition coefficient (Wildman–Crippen LogP) is 1.58. The van der Waals surface area contributed by atoms with Crippen LogP contribution in [0, 0.1) is 0 Å². The Kier molecular flexibility index (Phi) is 4.72. The van der Waals surface area contributed by atoms with Crippen LogP contribution in [-0.2, 0) is 10.0 Å². The maximum atomic E-state index is 12.2. The van der Waals surface area contributed by atoms with Gasteiger partial charge in [0.05, 0.1) is 5.75 Å². The zero-order valence-electron chi connectivity index (χ0n) is 11.2. The summed E-state index contributed by atoms with van der Waals surface area (Å²) in [6, 6.07) is 15.5. The largest absolute Gasteiger partial charge is 0.492 e. The summed E-state index contributed by atoms with van der Waals surface area (Å²) in [6.07, 6.45) is 0. The van der Waals surface area contributed by atoms with Gasteiger partial charge in [0.2, 0.25) is 10.0 Å². The number of benzene rings is 2. The van der Waals surface area contributed by atoms with Crippen molar-refractivity contribution in [1.29, 1.82) is 0 Å². The van der Waals surface area contributed by atoms with E-state index in [0.717, 1.165) is 0 Å². The van der Waals surface area contributed by atoms with Gasteiger partial charge in [-0.2, -0.15) is 0 Å². The highest BCUT2D eigenvalue weighted by Crippen LogP contribution is 2.15. The number of ether oxygens (including phenoxy) is 1.